The minimum atomic E-state index is -4.78. The molecule has 0 aliphatic carbocycles. The van der Waals surface area contributed by atoms with Crippen LogP contribution in [0.3, 0.4) is 0 Å². The first-order valence-electron chi connectivity index (χ1n) is 4.24. The van der Waals surface area contributed by atoms with Gasteiger partial charge < -0.3 is 15.2 Å². The molecule has 0 saturated carbocycles. The van der Waals surface area contributed by atoms with Gasteiger partial charge in [-0.25, -0.2) is 0 Å². The fourth-order valence-electron chi connectivity index (χ4n) is 0.940. The van der Waals surface area contributed by atoms with Crippen LogP contribution < -0.4 is 15.2 Å². The second-order valence-corrected chi connectivity index (χ2v) is 3.75. The molecule has 0 aliphatic heterocycles. The Hall–Kier alpha value is -1.44. The summed E-state index contributed by atoms with van der Waals surface area (Å²) in [6, 6.07) is 3.41. The average molecular weight is 314 g/mol. The lowest BCUT2D eigenvalue weighted by Gasteiger charge is -2.11. The summed E-state index contributed by atoms with van der Waals surface area (Å²) in [5, 5.41) is 0. The summed E-state index contributed by atoms with van der Waals surface area (Å²) in [5.74, 6) is -1.15. The molecular weight excluding hydrogens is 307 g/mol. The number of primary amides is 1. The summed E-state index contributed by atoms with van der Waals surface area (Å²) in [4.78, 5) is 10.5. The fraction of sp³-hybridized carbons (Fsp3) is 0.222. The van der Waals surface area contributed by atoms with Crippen molar-refractivity contribution in [1.82, 2.24) is 0 Å². The highest BCUT2D eigenvalue weighted by Crippen LogP contribution is 2.32. The van der Waals surface area contributed by atoms with E-state index in [1.807, 2.05) is 0 Å². The van der Waals surface area contributed by atoms with Gasteiger partial charge in [-0.15, -0.1) is 13.2 Å². The second-order valence-electron chi connectivity index (χ2n) is 2.90. The average Bonchev–Trinajstić information content (AvgIpc) is 2.16. The molecule has 0 fully saturated rings. The molecule has 0 saturated heterocycles. The topological polar surface area (TPSA) is 61.6 Å². The minimum Gasteiger partial charge on any atom is -0.482 e. The quantitative estimate of drug-likeness (QED) is 0.927. The van der Waals surface area contributed by atoms with Gasteiger partial charge in [0.25, 0.3) is 5.91 Å². The lowest BCUT2D eigenvalue weighted by atomic mass is 10.3. The first kappa shape index (κ1) is 13.6. The normalized spacial score (nSPS) is 11.1. The van der Waals surface area contributed by atoms with Gasteiger partial charge in [-0.1, -0.05) is 0 Å². The van der Waals surface area contributed by atoms with Crippen molar-refractivity contribution in [1.29, 1.82) is 0 Å². The van der Waals surface area contributed by atoms with E-state index < -0.39 is 24.6 Å². The van der Waals surface area contributed by atoms with Gasteiger partial charge in [-0.2, -0.15) is 0 Å². The van der Waals surface area contributed by atoms with Crippen LogP contribution in [-0.2, 0) is 4.79 Å². The number of carbonyl (C=O) groups is 1. The maximum absolute atomic E-state index is 11.9. The molecule has 17 heavy (non-hydrogen) atoms. The van der Waals surface area contributed by atoms with Gasteiger partial charge in [-0.3, -0.25) is 4.79 Å². The maximum Gasteiger partial charge on any atom is 0.573 e. The summed E-state index contributed by atoms with van der Waals surface area (Å²) in [6.07, 6.45) is -4.78. The lowest BCUT2D eigenvalue weighted by molar-refractivity contribution is -0.274. The number of alkyl halides is 3. The van der Waals surface area contributed by atoms with E-state index in [-0.39, 0.29) is 5.75 Å². The van der Waals surface area contributed by atoms with Crippen LogP contribution in [-0.4, -0.2) is 18.9 Å². The van der Waals surface area contributed by atoms with Crippen molar-refractivity contribution in [2.24, 2.45) is 5.73 Å². The van der Waals surface area contributed by atoms with Crippen LogP contribution in [0.4, 0.5) is 13.2 Å². The van der Waals surface area contributed by atoms with E-state index in [4.69, 9.17) is 10.5 Å². The SMILES string of the molecule is NC(=O)COc1cc(OC(F)(F)F)ccc1Br. The third-order valence-corrected chi connectivity index (χ3v) is 2.16. The van der Waals surface area contributed by atoms with Crippen molar-refractivity contribution in [2.45, 2.75) is 6.36 Å². The minimum absolute atomic E-state index is 0.0329. The van der Waals surface area contributed by atoms with Crippen LogP contribution in [0.5, 0.6) is 11.5 Å². The number of rotatable bonds is 4. The standard InChI is InChI=1S/C9H7BrF3NO3/c10-6-2-1-5(17-9(11,12)13)3-7(6)16-4-8(14)15/h1-3H,4H2,(H2,14,15). The van der Waals surface area contributed by atoms with E-state index in [0.29, 0.717) is 4.47 Å². The van der Waals surface area contributed by atoms with Crippen molar-refractivity contribution >= 4 is 21.8 Å². The van der Waals surface area contributed by atoms with Crippen molar-refractivity contribution in [2.75, 3.05) is 6.61 Å². The summed E-state index contributed by atoms with van der Waals surface area (Å²) in [6.45, 7) is -0.436. The van der Waals surface area contributed by atoms with E-state index in [2.05, 4.69) is 20.7 Å². The van der Waals surface area contributed by atoms with Crippen LogP contribution in [0, 0.1) is 0 Å². The van der Waals surface area contributed by atoms with Gasteiger partial charge in [0.1, 0.15) is 11.5 Å². The summed E-state index contributed by atoms with van der Waals surface area (Å²) < 4.78 is 44.8. The molecule has 0 spiro atoms. The Morgan fingerprint density at radius 3 is 2.59 bits per heavy atom. The number of carbonyl (C=O) groups excluding carboxylic acids is 1. The highest BCUT2D eigenvalue weighted by molar-refractivity contribution is 9.10. The molecule has 1 aromatic rings. The molecule has 0 atom stereocenters. The van der Waals surface area contributed by atoms with Crippen LogP contribution >= 0.6 is 15.9 Å². The molecule has 0 aliphatic rings. The Morgan fingerprint density at radius 1 is 1.41 bits per heavy atom. The van der Waals surface area contributed by atoms with Crippen LogP contribution in [0.1, 0.15) is 0 Å². The summed E-state index contributed by atoms with van der Waals surface area (Å²) >= 11 is 3.05. The van der Waals surface area contributed by atoms with E-state index >= 15 is 0 Å². The largest absolute Gasteiger partial charge is 0.573 e. The van der Waals surface area contributed by atoms with E-state index in [0.717, 1.165) is 12.1 Å². The Kier molecular flexibility index (Phi) is 4.22. The molecule has 1 aromatic carbocycles. The molecule has 0 heterocycles. The number of amides is 1. The van der Waals surface area contributed by atoms with Gasteiger partial charge in [0, 0.05) is 6.07 Å². The smallest absolute Gasteiger partial charge is 0.482 e. The van der Waals surface area contributed by atoms with E-state index in [9.17, 15) is 18.0 Å². The number of nitrogens with two attached hydrogens (primary N) is 1. The van der Waals surface area contributed by atoms with Crippen molar-refractivity contribution in [3.8, 4) is 11.5 Å². The number of hydrogen-bond acceptors (Lipinski definition) is 3. The Labute approximate surface area is 103 Å². The van der Waals surface area contributed by atoms with Crippen molar-refractivity contribution in [3.05, 3.63) is 22.7 Å². The van der Waals surface area contributed by atoms with Crippen LogP contribution in [0.2, 0.25) is 0 Å². The highest BCUT2D eigenvalue weighted by atomic mass is 79.9. The summed E-state index contributed by atoms with van der Waals surface area (Å²) in [7, 11) is 0. The molecule has 1 amide bonds. The third-order valence-electron chi connectivity index (χ3n) is 1.51. The first-order valence-corrected chi connectivity index (χ1v) is 5.03. The van der Waals surface area contributed by atoms with E-state index in [1.54, 1.807) is 0 Å². The highest BCUT2D eigenvalue weighted by Gasteiger charge is 2.31. The molecule has 1 rings (SSSR count). The Bertz CT molecular complexity index is 422. The zero-order valence-corrected chi connectivity index (χ0v) is 9.84. The number of halogens is 4. The van der Waals surface area contributed by atoms with Gasteiger partial charge in [0.15, 0.2) is 6.61 Å². The fourth-order valence-corrected chi connectivity index (χ4v) is 1.30. The second kappa shape index (κ2) is 5.26. The monoisotopic (exact) mass is 313 g/mol. The zero-order valence-electron chi connectivity index (χ0n) is 8.25. The van der Waals surface area contributed by atoms with Crippen molar-refractivity contribution < 1.29 is 27.4 Å². The molecule has 0 radical (unpaired) electrons. The molecule has 4 nitrogen and oxygen atoms in total. The summed E-state index contributed by atoms with van der Waals surface area (Å²) in [5.41, 5.74) is 4.84. The lowest BCUT2D eigenvalue weighted by Crippen LogP contribution is -2.20. The third kappa shape index (κ3) is 4.94. The Morgan fingerprint density at radius 2 is 2.06 bits per heavy atom. The van der Waals surface area contributed by atoms with Gasteiger partial charge in [-0.05, 0) is 28.1 Å². The van der Waals surface area contributed by atoms with Crippen molar-refractivity contribution in [3.63, 3.8) is 0 Å². The molecule has 0 unspecified atom stereocenters. The van der Waals surface area contributed by atoms with Gasteiger partial charge in [0.2, 0.25) is 0 Å². The van der Waals surface area contributed by atoms with Crippen LogP contribution in [0.25, 0.3) is 0 Å². The molecule has 2 N–H and O–H groups in total. The maximum atomic E-state index is 11.9. The van der Waals surface area contributed by atoms with Gasteiger partial charge in [0.05, 0.1) is 4.47 Å². The van der Waals surface area contributed by atoms with Gasteiger partial charge >= 0.3 is 6.36 Å². The molecule has 94 valence electrons. The molecule has 8 heteroatoms. The van der Waals surface area contributed by atoms with E-state index in [1.165, 1.54) is 6.07 Å². The first-order chi connectivity index (χ1) is 7.78. The zero-order chi connectivity index (χ0) is 13.1. The molecule has 0 bridgehead atoms. The van der Waals surface area contributed by atoms with Crippen LogP contribution in [0.15, 0.2) is 22.7 Å². The number of hydrogen-bond donors (Lipinski definition) is 1. The number of ether oxygens (including phenoxy) is 2. The predicted octanol–water partition coefficient (Wildman–Crippen LogP) is 2.21. The Balaban J connectivity index is 2.83. The molecular formula is C9H7BrF3NO3. The number of benzene rings is 1. The predicted molar refractivity (Wildman–Crippen MR) is 55.5 cm³/mol. The molecule has 0 aromatic heterocycles.